The van der Waals surface area contributed by atoms with Crippen molar-refractivity contribution in [3.8, 4) is 0 Å². The van der Waals surface area contributed by atoms with E-state index in [1.54, 1.807) is 0 Å². The molecule has 14 heavy (non-hydrogen) atoms. The van der Waals surface area contributed by atoms with Crippen molar-refractivity contribution in [3.05, 3.63) is 35.4 Å². The fourth-order valence-corrected chi connectivity index (χ4v) is 2.58. The molecule has 2 nitrogen and oxygen atoms in total. The van der Waals surface area contributed by atoms with Crippen LogP contribution < -0.4 is 5.73 Å². The van der Waals surface area contributed by atoms with Gasteiger partial charge < -0.3 is 10.8 Å². The van der Waals surface area contributed by atoms with Crippen molar-refractivity contribution < 1.29 is 5.11 Å². The van der Waals surface area contributed by atoms with E-state index in [2.05, 4.69) is 19.9 Å². The maximum Gasteiger partial charge on any atom is 0.103 e. The SMILES string of the molecule is CC1(C)C[C@@](O)(CN)c2ccccc21. The summed E-state index contributed by atoms with van der Waals surface area (Å²) in [5.74, 6) is 0. The van der Waals surface area contributed by atoms with Gasteiger partial charge in [0, 0.05) is 6.54 Å². The monoisotopic (exact) mass is 191 g/mol. The zero-order valence-electron chi connectivity index (χ0n) is 8.75. The Labute approximate surface area is 84.7 Å². The van der Waals surface area contributed by atoms with Crippen molar-refractivity contribution in [2.24, 2.45) is 5.73 Å². The van der Waals surface area contributed by atoms with Gasteiger partial charge in [-0.2, -0.15) is 0 Å². The quantitative estimate of drug-likeness (QED) is 0.707. The second kappa shape index (κ2) is 2.81. The third-order valence-electron chi connectivity index (χ3n) is 3.23. The van der Waals surface area contributed by atoms with Crippen LogP contribution in [0.3, 0.4) is 0 Å². The first-order chi connectivity index (χ1) is 6.49. The van der Waals surface area contributed by atoms with Gasteiger partial charge in [0.1, 0.15) is 5.60 Å². The molecule has 1 aliphatic rings. The molecule has 2 heteroatoms. The van der Waals surface area contributed by atoms with Crippen LogP contribution in [0.1, 0.15) is 31.4 Å². The topological polar surface area (TPSA) is 46.2 Å². The Hall–Kier alpha value is -0.860. The van der Waals surface area contributed by atoms with Gasteiger partial charge in [-0.15, -0.1) is 0 Å². The van der Waals surface area contributed by atoms with Crippen molar-refractivity contribution in [1.82, 2.24) is 0 Å². The summed E-state index contributed by atoms with van der Waals surface area (Å²) >= 11 is 0. The molecule has 76 valence electrons. The standard InChI is InChI=1S/C12H17NO/c1-11(2)7-12(14,8-13)10-6-4-3-5-9(10)11/h3-6,14H,7-8,13H2,1-2H3/t12-/m1/s1. The maximum absolute atomic E-state index is 10.4. The second-order valence-corrected chi connectivity index (χ2v) is 4.84. The first-order valence-corrected chi connectivity index (χ1v) is 5.02. The molecule has 0 aliphatic heterocycles. The molecule has 0 spiro atoms. The molecule has 0 bridgehead atoms. The van der Waals surface area contributed by atoms with Crippen LogP contribution in [0, 0.1) is 0 Å². The van der Waals surface area contributed by atoms with E-state index in [1.165, 1.54) is 5.56 Å². The predicted molar refractivity (Wildman–Crippen MR) is 57.0 cm³/mol. The van der Waals surface area contributed by atoms with E-state index in [0.29, 0.717) is 6.54 Å². The van der Waals surface area contributed by atoms with Crippen LogP contribution in [-0.4, -0.2) is 11.7 Å². The molecule has 1 aliphatic carbocycles. The fraction of sp³-hybridized carbons (Fsp3) is 0.500. The Kier molecular flexibility index (Phi) is 1.95. The molecule has 0 radical (unpaired) electrons. The summed E-state index contributed by atoms with van der Waals surface area (Å²) < 4.78 is 0. The van der Waals surface area contributed by atoms with E-state index in [-0.39, 0.29) is 5.41 Å². The first kappa shape index (κ1) is 9.69. The zero-order valence-corrected chi connectivity index (χ0v) is 8.75. The summed E-state index contributed by atoms with van der Waals surface area (Å²) in [6.07, 6.45) is 0.718. The zero-order chi connectivity index (χ0) is 10.4. The number of hydrogen-bond donors (Lipinski definition) is 2. The summed E-state index contributed by atoms with van der Waals surface area (Å²) in [4.78, 5) is 0. The third-order valence-corrected chi connectivity index (χ3v) is 3.23. The van der Waals surface area contributed by atoms with Crippen LogP contribution in [0.4, 0.5) is 0 Å². The lowest BCUT2D eigenvalue weighted by Gasteiger charge is -2.24. The summed E-state index contributed by atoms with van der Waals surface area (Å²) in [5, 5.41) is 10.4. The van der Waals surface area contributed by atoms with E-state index < -0.39 is 5.60 Å². The van der Waals surface area contributed by atoms with Gasteiger partial charge in [-0.3, -0.25) is 0 Å². The number of rotatable bonds is 1. The van der Waals surface area contributed by atoms with E-state index in [9.17, 15) is 5.11 Å². The molecule has 1 aromatic carbocycles. The minimum atomic E-state index is -0.819. The molecule has 0 heterocycles. The Morgan fingerprint density at radius 3 is 2.43 bits per heavy atom. The number of nitrogens with two attached hydrogens (primary N) is 1. The molecule has 0 unspecified atom stereocenters. The normalized spacial score (nSPS) is 28.9. The number of aliphatic hydroxyl groups is 1. The molecule has 0 fully saturated rings. The fourth-order valence-electron chi connectivity index (χ4n) is 2.58. The minimum Gasteiger partial charge on any atom is -0.384 e. The van der Waals surface area contributed by atoms with Gasteiger partial charge >= 0.3 is 0 Å². The molecule has 0 saturated carbocycles. The molecular formula is C12H17NO. The van der Waals surface area contributed by atoms with Crippen molar-refractivity contribution in [2.45, 2.75) is 31.3 Å². The largest absolute Gasteiger partial charge is 0.384 e. The molecule has 0 aromatic heterocycles. The Morgan fingerprint density at radius 2 is 1.86 bits per heavy atom. The molecule has 0 amide bonds. The van der Waals surface area contributed by atoms with Gasteiger partial charge in [0.05, 0.1) is 0 Å². The Bertz CT molecular complexity index is 359. The van der Waals surface area contributed by atoms with E-state index >= 15 is 0 Å². The van der Waals surface area contributed by atoms with E-state index in [1.807, 2.05) is 18.2 Å². The van der Waals surface area contributed by atoms with Gasteiger partial charge in [-0.05, 0) is 23.0 Å². The van der Waals surface area contributed by atoms with Crippen LogP contribution in [-0.2, 0) is 11.0 Å². The van der Waals surface area contributed by atoms with Crippen LogP contribution >= 0.6 is 0 Å². The summed E-state index contributed by atoms with van der Waals surface area (Å²) in [6, 6.07) is 8.05. The first-order valence-electron chi connectivity index (χ1n) is 5.02. The van der Waals surface area contributed by atoms with Gasteiger partial charge in [-0.25, -0.2) is 0 Å². The number of benzene rings is 1. The van der Waals surface area contributed by atoms with Crippen LogP contribution in [0.2, 0.25) is 0 Å². The second-order valence-electron chi connectivity index (χ2n) is 4.84. The summed E-state index contributed by atoms with van der Waals surface area (Å²) in [7, 11) is 0. The van der Waals surface area contributed by atoms with Gasteiger partial charge in [-0.1, -0.05) is 38.1 Å². The van der Waals surface area contributed by atoms with E-state index in [0.717, 1.165) is 12.0 Å². The lowest BCUT2D eigenvalue weighted by atomic mass is 9.85. The molecule has 0 saturated heterocycles. The predicted octanol–water partition coefficient (Wildman–Crippen LogP) is 1.51. The Balaban J connectivity index is 2.60. The lowest BCUT2D eigenvalue weighted by Crippen LogP contribution is -2.33. The van der Waals surface area contributed by atoms with Crippen LogP contribution in [0.15, 0.2) is 24.3 Å². The average molecular weight is 191 g/mol. The highest BCUT2D eigenvalue weighted by Crippen LogP contribution is 2.47. The highest BCUT2D eigenvalue weighted by Gasteiger charge is 2.45. The van der Waals surface area contributed by atoms with E-state index in [4.69, 9.17) is 5.73 Å². The Morgan fingerprint density at radius 1 is 1.29 bits per heavy atom. The van der Waals surface area contributed by atoms with Crippen molar-refractivity contribution >= 4 is 0 Å². The highest BCUT2D eigenvalue weighted by molar-refractivity contribution is 5.43. The van der Waals surface area contributed by atoms with Crippen molar-refractivity contribution in [1.29, 1.82) is 0 Å². The van der Waals surface area contributed by atoms with Crippen LogP contribution in [0.25, 0.3) is 0 Å². The highest BCUT2D eigenvalue weighted by atomic mass is 16.3. The smallest absolute Gasteiger partial charge is 0.103 e. The van der Waals surface area contributed by atoms with Crippen molar-refractivity contribution in [3.63, 3.8) is 0 Å². The summed E-state index contributed by atoms with van der Waals surface area (Å²) in [5.41, 5.74) is 7.10. The lowest BCUT2D eigenvalue weighted by molar-refractivity contribution is 0.0348. The molecule has 2 rings (SSSR count). The van der Waals surface area contributed by atoms with Gasteiger partial charge in [0.15, 0.2) is 0 Å². The van der Waals surface area contributed by atoms with Gasteiger partial charge in [0.25, 0.3) is 0 Å². The minimum absolute atomic E-state index is 0.0325. The number of fused-ring (bicyclic) bond motifs is 1. The molecule has 1 aromatic rings. The average Bonchev–Trinajstić information content (AvgIpc) is 2.37. The molecule has 1 atom stereocenters. The van der Waals surface area contributed by atoms with Gasteiger partial charge in [0.2, 0.25) is 0 Å². The van der Waals surface area contributed by atoms with Crippen molar-refractivity contribution in [2.75, 3.05) is 6.54 Å². The summed E-state index contributed by atoms with van der Waals surface area (Å²) in [6.45, 7) is 4.60. The number of hydrogen-bond acceptors (Lipinski definition) is 2. The molecule has 3 N–H and O–H groups in total. The van der Waals surface area contributed by atoms with Crippen LogP contribution in [0.5, 0.6) is 0 Å². The third kappa shape index (κ3) is 1.18. The molecular weight excluding hydrogens is 174 g/mol. The maximum atomic E-state index is 10.4.